The summed E-state index contributed by atoms with van der Waals surface area (Å²) in [6.07, 6.45) is 4.51. The number of benzene rings is 1. The molecule has 0 radical (unpaired) electrons. The molecule has 1 aliphatic carbocycles. The van der Waals surface area contributed by atoms with Gasteiger partial charge in [0, 0.05) is 24.2 Å². The van der Waals surface area contributed by atoms with Crippen molar-refractivity contribution in [2.24, 2.45) is 5.73 Å². The Bertz CT molecular complexity index is 680. The standard InChI is InChI=1S/C17H27N3O3S/c1-12-7-8-14(17(21)19-10-9-13(2)18)11-16(12)24(22,23)20-15-5-3-4-6-15/h7-8,11,13,15,20H,3-6,9-10,18H2,1-2H3,(H,19,21). The van der Waals surface area contributed by atoms with Crippen molar-refractivity contribution in [1.82, 2.24) is 10.0 Å². The van der Waals surface area contributed by atoms with Crippen LogP contribution in [0.25, 0.3) is 0 Å². The minimum Gasteiger partial charge on any atom is -0.352 e. The fraction of sp³-hybridized carbons (Fsp3) is 0.588. The van der Waals surface area contributed by atoms with Crippen LogP contribution in [0.5, 0.6) is 0 Å². The maximum absolute atomic E-state index is 12.6. The van der Waals surface area contributed by atoms with Crippen LogP contribution in [0.2, 0.25) is 0 Å². The predicted molar refractivity (Wildman–Crippen MR) is 94.4 cm³/mol. The lowest BCUT2D eigenvalue weighted by atomic mass is 10.1. The molecule has 7 heteroatoms. The summed E-state index contributed by atoms with van der Waals surface area (Å²) in [7, 11) is -3.61. The third-order valence-electron chi connectivity index (χ3n) is 4.30. The van der Waals surface area contributed by atoms with Crippen molar-refractivity contribution >= 4 is 15.9 Å². The Morgan fingerprint density at radius 1 is 1.33 bits per heavy atom. The van der Waals surface area contributed by atoms with Crippen LogP contribution in [-0.2, 0) is 10.0 Å². The number of nitrogens with two attached hydrogens (primary N) is 1. The molecule has 1 saturated carbocycles. The molecule has 6 nitrogen and oxygen atoms in total. The Balaban J connectivity index is 2.13. The van der Waals surface area contributed by atoms with E-state index in [0.717, 1.165) is 25.7 Å². The Morgan fingerprint density at radius 2 is 2.00 bits per heavy atom. The Labute approximate surface area is 144 Å². The van der Waals surface area contributed by atoms with Gasteiger partial charge in [0.05, 0.1) is 4.90 Å². The molecule has 0 saturated heterocycles. The SMILES string of the molecule is Cc1ccc(C(=O)NCCC(C)N)cc1S(=O)(=O)NC1CCCC1. The Hall–Kier alpha value is -1.44. The van der Waals surface area contributed by atoms with Crippen molar-refractivity contribution < 1.29 is 13.2 Å². The van der Waals surface area contributed by atoms with Crippen LogP contribution in [0.4, 0.5) is 0 Å². The molecule has 0 aromatic heterocycles. The van der Waals surface area contributed by atoms with E-state index >= 15 is 0 Å². The van der Waals surface area contributed by atoms with E-state index in [1.807, 2.05) is 6.92 Å². The van der Waals surface area contributed by atoms with Crippen LogP contribution in [0.3, 0.4) is 0 Å². The summed E-state index contributed by atoms with van der Waals surface area (Å²) >= 11 is 0. The minimum atomic E-state index is -3.61. The average Bonchev–Trinajstić information content (AvgIpc) is 2.99. The molecule has 1 fully saturated rings. The van der Waals surface area contributed by atoms with E-state index in [9.17, 15) is 13.2 Å². The lowest BCUT2D eigenvalue weighted by molar-refractivity contribution is 0.0952. The number of hydrogen-bond donors (Lipinski definition) is 3. The molecule has 1 unspecified atom stereocenters. The van der Waals surface area contributed by atoms with Crippen molar-refractivity contribution in [3.8, 4) is 0 Å². The van der Waals surface area contributed by atoms with E-state index in [4.69, 9.17) is 5.73 Å². The largest absolute Gasteiger partial charge is 0.352 e. The third kappa shape index (κ3) is 5.03. The molecule has 0 heterocycles. The zero-order valence-electron chi connectivity index (χ0n) is 14.3. The molecule has 1 aliphatic rings. The van der Waals surface area contributed by atoms with E-state index < -0.39 is 10.0 Å². The summed E-state index contributed by atoms with van der Waals surface area (Å²) in [6.45, 7) is 4.07. The zero-order chi connectivity index (χ0) is 17.7. The summed E-state index contributed by atoms with van der Waals surface area (Å²) < 4.78 is 28.0. The van der Waals surface area contributed by atoms with Crippen LogP contribution >= 0.6 is 0 Å². The highest BCUT2D eigenvalue weighted by Crippen LogP contribution is 2.22. The molecule has 1 atom stereocenters. The van der Waals surface area contributed by atoms with E-state index in [2.05, 4.69) is 10.0 Å². The number of hydrogen-bond acceptors (Lipinski definition) is 4. The average molecular weight is 353 g/mol. The van der Waals surface area contributed by atoms with Crippen LogP contribution in [-0.4, -0.2) is 33.0 Å². The van der Waals surface area contributed by atoms with Crippen molar-refractivity contribution in [2.75, 3.05) is 6.54 Å². The fourth-order valence-electron chi connectivity index (χ4n) is 2.87. The highest BCUT2D eigenvalue weighted by Gasteiger charge is 2.25. The van der Waals surface area contributed by atoms with Gasteiger partial charge >= 0.3 is 0 Å². The van der Waals surface area contributed by atoms with Crippen LogP contribution in [0, 0.1) is 6.92 Å². The molecule has 0 spiro atoms. The molecule has 1 aromatic carbocycles. The number of amides is 1. The monoisotopic (exact) mass is 353 g/mol. The van der Waals surface area contributed by atoms with Gasteiger partial charge in [0.1, 0.15) is 0 Å². The number of carbonyl (C=O) groups excluding carboxylic acids is 1. The van der Waals surface area contributed by atoms with Gasteiger partial charge in [0.15, 0.2) is 0 Å². The lowest BCUT2D eigenvalue weighted by Crippen LogP contribution is -2.33. The predicted octanol–water partition coefficient (Wildman–Crippen LogP) is 1.68. The van der Waals surface area contributed by atoms with Crippen molar-refractivity contribution in [3.63, 3.8) is 0 Å². The molecule has 4 N–H and O–H groups in total. The summed E-state index contributed by atoms with van der Waals surface area (Å²) in [5.74, 6) is -0.284. The Morgan fingerprint density at radius 3 is 2.62 bits per heavy atom. The van der Waals surface area contributed by atoms with Gasteiger partial charge in [-0.05, 0) is 50.8 Å². The third-order valence-corrected chi connectivity index (χ3v) is 5.96. The minimum absolute atomic E-state index is 0.00192. The van der Waals surface area contributed by atoms with Crippen LogP contribution in [0.15, 0.2) is 23.1 Å². The number of rotatable bonds is 7. The smallest absolute Gasteiger partial charge is 0.251 e. The van der Waals surface area contributed by atoms with Gasteiger partial charge in [-0.1, -0.05) is 18.9 Å². The molecule has 1 amide bonds. The molecule has 24 heavy (non-hydrogen) atoms. The number of aryl methyl sites for hydroxylation is 1. The van der Waals surface area contributed by atoms with Gasteiger partial charge in [-0.15, -0.1) is 0 Å². The second-order valence-corrected chi connectivity index (χ2v) is 8.29. The number of carbonyl (C=O) groups is 1. The first-order chi connectivity index (χ1) is 11.3. The maximum atomic E-state index is 12.6. The van der Waals surface area contributed by atoms with Gasteiger partial charge in [-0.2, -0.15) is 0 Å². The molecular formula is C17H27N3O3S. The second kappa shape index (κ2) is 8.09. The van der Waals surface area contributed by atoms with E-state index in [1.165, 1.54) is 6.07 Å². The fourth-order valence-corrected chi connectivity index (χ4v) is 4.45. The molecule has 0 aliphatic heterocycles. The molecule has 0 bridgehead atoms. The topological polar surface area (TPSA) is 101 Å². The quantitative estimate of drug-likeness (QED) is 0.694. The highest BCUT2D eigenvalue weighted by atomic mass is 32.2. The first-order valence-electron chi connectivity index (χ1n) is 8.46. The van der Waals surface area contributed by atoms with E-state index in [-0.39, 0.29) is 22.9 Å². The lowest BCUT2D eigenvalue weighted by Gasteiger charge is -2.15. The first-order valence-corrected chi connectivity index (χ1v) is 9.94. The van der Waals surface area contributed by atoms with Gasteiger partial charge in [0.2, 0.25) is 10.0 Å². The van der Waals surface area contributed by atoms with Gasteiger partial charge in [0.25, 0.3) is 5.91 Å². The summed E-state index contributed by atoms with van der Waals surface area (Å²) in [5, 5.41) is 2.77. The molecular weight excluding hydrogens is 326 g/mol. The number of nitrogens with one attached hydrogen (secondary N) is 2. The van der Waals surface area contributed by atoms with Crippen LogP contribution in [0.1, 0.15) is 54.9 Å². The number of sulfonamides is 1. The molecule has 2 rings (SSSR count). The molecule has 134 valence electrons. The van der Waals surface area contributed by atoms with Crippen molar-refractivity contribution in [1.29, 1.82) is 0 Å². The first kappa shape index (κ1) is 18.9. The summed E-state index contributed by atoms with van der Waals surface area (Å²) in [4.78, 5) is 12.4. The van der Waals surface area contributed by atoms with Crippen molar-refractivity contribution in [2.45, 2.75) is 62.9 Å². The van der Waals surface area contributed by atoms with Gasteiger partial charge < -0.3 is 11.1 Å². The highest BCUT2D eigenvalue weighted by molar-refractivity contribution is 7.89. The second-order valence-electron chi connectivity index (χ2n) is 6.60. The summed E-state index contributed by atoms with van der Waals surface area (Å²) in [6, 6.07) is 4.77. The normalized spacial score (nSPS) is 17.0. The zero-order valence-corrected chi connectivity index (χ0v) is 15.2. The Kier molecular flexibility index (Phi) is 6.37. The van der Waals surface area contributed by atoms with Gasteiger partial charge in [-0.3, -0.25) is 4.79 Å². The van der Waals surface area contributed by atoms with E-state index in [0.29, 0.717) is 24.1 Å². The van der Waals surface area contributed by atoms with Gasteiger partial charge in [-0.25, -0.2) is 13.1 Å². The maximum Gasteiger partial charge on any atom is 0.251 e. The summed E-state index contributed by atoms with van der Waals surface area (Å²) in [5.41, 5.74) is 6.63. The van der Waals surface area contributed by atoms with Crippen LogP contribution < -0.4 is 15.8 Å². The van der Waals surface area contributed by atoms with E-state index in [1.54, 1.807) is 19.1 Å². The van der Waals surface area contributed by atoms with Crippen molar-refractivity contribution in [3.05, 3.63) is 29.3 Å². The molecule has 1 aromatic rings.